The molecule has 31 heavy (non-hydrogen) atoms. The molecule has 1 amide bonds. The van der Waals surface area contributed by atoms with Crippen molar-refractivity contribution in [2.75, 3.05) is 7.05 Å². The number of benzene rings is 1. The van der Waals surface area contributed by atoms with E-state index in [0.29, 0.717) is 41.6 Å². The second-order valence-electron chi connectivity index (χ2n) is 7.57. The lowest BCUT2D eigenvalue weighted by atomic mass is 10.0. The van der Waals surface area contributed by atoms with Crippen LogP contribution in [-0.4, -0.2) is 33.6 Å². The summed E-state index contributed by atoms with van der Waals surface area (Å²) in [5.74, 6) is -0.421. The van der Waals surface area contributed by atoms with E-state index < -0.39 is 0 Å². The third-order valence-corrected chi connectivity index (χ3v) is 5.18. The summed E-state index contributed by atoms with van der Waals surface area (Å²) in [6.45, 7) is 3.92. The third kappa shape index (κ3) is 5.81. The SMILES string of the molecule is CCC(=O)N(C)Cc1ccc(-c2ccc(C(=O)CCc3ccc(C)nc3)cn2)cc1F. The number of pyridine rings is 2. The van der Waals surface area contributed by atoms with Crippen molar-refractivity contribution in [2.45, 2.75) is 39.7 Å². The first-order chi connectivity index (χ1) is 14.9. The Hall–Kier alpha value is -3.41. The van der Waals surface area contributed by atoms with Gasteiger partial charge in [0, 0.05) is 61.2 Å². The predicted molar refractivity (Wildman–Crippen MR) is 118 cm³/mol. The summed E-state index contributed by atoms with van der Waals surface area (Å²) in [7, 11) is 1.66. The number of ketones is 1. The first-order valence-corrected chi connectivity index (χ1v) is 10.3. The molecule has 0 saturated heterocycles. The molecule has 0 aliphatic rings. The van der Waals surface area contributed by atoms with Gasteiger partial charge >= 0.3 is 0 Å². The van der Waals surface area contributed by atoms with Crippen LogP contribution in [0.1, 0.15) is 46.9 Å². The third-order valence-electron chi connectivity index (χ3n) is 5.18. The molecule has 0 fully saturated rings. The molecule has 160 valence electrons. The molecule has 2 aromatic heterocycles. The normalized spacial score (nSPS) is 10.7. The summed E-state index contributed by atoms with van der Waals surface area (Å²) >= 11 is 0. The van der Waals surface area contributed by atoms with Crippen molar-refractivity contribution >= 4 is 11.7 Å². The first-order valence-electron chi connectivity index (χ1n) is 10.3. The van der Waals surface area contributed by atoms with Gasteiger partial charge in [0.1, 0.15) is 5.82 Å². The quantitative estimate of drug-likeness (QED) is 0.493. The van der Waals surface area contributed by atoms with E-state index in [-0.39, 0.29) is 24.1 Å². The van der Waals surface area contributed by atoms with Gasteiger partial charge in [-0.3, -0.25) is 19.6 Å². The van der Waals surface area contributed by atoms with E-state index in [4.69, 9.17) is 0 Å². The maximum atomic E-state index is 14.5. The molecule has 0 N–H and O–H groups in total. The molecule has 5 nitrogen and oxygen atoms in total. The molecule has 0 bridgehead atoms. The fourth-order valence-corrected chi connectivity index (χ4v) is 3.23. The van der Waals surface area contributed by atoms with Crippen LogP contribution < -0.4 is 0 Å². The number of aromatic nitrogens is 2. The number of hydrogen-bond donors (Lipinski definition) is 0. The second-order valence-corrected chi connectivity index (χ2v) is 7.57. The number of halogens is 1. The van der Waals surface area contributed by atoms with E-state index in [2.05, 4.69) is 9.97 Å². The number of nitrogens with zero attached hydrogens (tertiary/aromatic N) is 3. The molecule has 3 aromatic rings. The molecule has 2 heterocycles. The predicted octanol–water partition coefficient (Wildman–Crippen LogP) is 4.78. The average Bonchev–Trinajstić information content (AvgIpc) is 2.79. The van der Waals surface area contributed by atoms with Gasteiger partial charge in [0.25, 0.3) is 0 Å². The van der Waals surface area contributed by atoms with E-state index in [9.17, 15) is 14.0 Å². The topological polar surface area (TPSA) is 63.2 Å². The summed E-state index contributed by atoms with van der Waals surface area (Å²) in [5.41, 5.74) is 4.15. The Morgan fingerprint density at radius 2 is 1.84 bits per heavy atom. The van der Waals surface area contributed by atoms with Crippen LogP contribution in [0.4, 0.5) is 4.39 Å². The van der Waals surface area contributed by atoms with Crippen molar-refractivity contribution in [2.24, 2.45) is 0 Å². The van der Waals surface area contributed by atoms with Gasteiger partial charge in [0.15, 0.2) is 5.78 Å². The number of amides is 1. The number of Topliss-reactive ketones (excluding diaryl/α,β-unsaturated/α-hetero) is 1. The van der Waals surface area contributed by atoms with Gasteiger partial charge in [-0.2, -0.15) is 0 Å². The van der Waals surface area contributed by atoms with Gasteiger partial charge in [-0.15, -0.1) is 0 Å². The highest BCUT2D eigenvalue weighted by Crippen LogP contribution is 2.22. The van der Waals surface area contributed by atoms with Crippen molar-refractivity contribution in [3.05, 3.63) is 83.1 Å². The Balaban J connectivity index is 1.65. The van der Waals surface area contributed by atoms with E-state index >= 15 is 0 Å². The number of carbonyl (C=O) groups is 2. The Morgan fingerprint density at radius 3 is 2.45 bits per heavy atom. The number of aryl methyl sites for hydroxylation is 2. The van der Waals surface area contributed by atoms with E-state index in [1.807, 2.05) is 19.1 Å². The molecular weight excluding hydrogens is 393 g/mol. The van der Waals surface area contributed by atoms with Gasteiger partial charge in [0.05, 0.1) is 5.69 Å². The molecule has 1 aromatic carbocycles. The molecular formula is C25H26FN3O2. The van der Waals surface area contributed by atoms with Crippen molar-refractivity contribution in [3.8, 4) is 11.3 Å². The van der Waals surface area contributed by atoms with Crippen LogP contribution in [0, 0.1) is 12.7 Å². The van der Waals surface area contributed by atoms with Crippen LogP contribution in [0.25, 0.3) is 11.3 Å². The Morgan fingerprint density at radius 1 is 1.03 bits per heavy atom. The van der Waals surface area contributed by atoms with Crippen LogP contribution >= 0.6 is 0 Å². The van der Waals surface area contributed by atoms with Crippen LogP contribution in [-0.2, 0) is 17.8 Å². The van der Waals surface area contributed by atoms with Crippen LogP contribution in [0.3, 0.4) is 0 Å². The molecule has 0 aliphatic carbocycles. The highest BCUT2D eigenvalue weighted by atomic mass is 19.1. The minimum atomic E-state index is -0.387. The zero-order valence-corrected chi connectivity index (χ0v) is 18.1. The van der Waals surface area contributed by atoms with Crippen LogP contribution in [0.15, 0.2) is 54.9 Å². The summed E-state index contributed by atoms with van der Waals surface area (Å²) in [5, 5.41) is 0. The summed E-state index contributed by atoms with van der Waals surface area (Å²) < 4.78 is 14.5. The Kier molecular flexibility index (Phi) is 7.23. The van der Waals surface area contributed by atoms with Gasteiger partial charge in [0.2, 0.25) is 5.91 Å². The molecule has 0 saturated carbocycles. The fourth-order valence-electron chi connectivity index (χ4n) is 3.23. The molecule has 0 aliphatic heterocycles. The first kappa shape index (κ1) is 22.3. The number of rotatable bonds is 8. The van der Waals surface area contributed by atoms with Gasteiger partial charge in [-0.05, 0) is 43.2 Å². The largest absolute Gasteiger partial charge is 0.341 e. The van der Waals surface area contributed by atoms with Crippen molar-refractivity contribution < 1.29 is 14.0 Å². The molecule has 0 spiro atoms. The van der Waals surface area contributed by atoms with Crippen molar-refractivity contribution in [1.82, 2.24) is 14.9 Å². The summed E-state index contributed by atoms with van der Waals surface area (Å²) in [6.07, 6.45) is 4.70. The lowest BCUT2D eigenvalue weighted by Crippen LogP contribution is -2.25. The Bertz CT molecular complexity index is 1060. The maximum absolute atomic E-state index is 14.5. The molecule has 3 rings (SSSR count). The molecule has 0 radical (unpaired) electrons. The zero-order chi connectivity index (χ0) is 22.4. The molecule has 0 atom stereocenters. The minimum absolute atomic E-state index is 0.00443. The molecule has 0 unspecified atom stereocenters. The van der Waals surface area contributed by atoms with Crippen molar-refractivity contribution in [1.29, 1.82) is 0 Å². The smallest absolute Gasteiger partial charge is 0.222 e. The van der Waals surface area contributed by atoms with Gasteiger partial charge in [-0.1, -0.05) is 25.1 Å². The van der Waals surface area contributed by atoms with E-state index in [0.717, 1.165) is 11.3 Å². The maximum Gasteiger partial charge on any atom is 0.222 e. The fraction of sp³-hybridized carbons (Fsp3) is 0.280. The average molecular weight is 420 g/mol. The second kappa shape index (κ2) is 10.1. The standard InChI is InChI=1S/C25H26FN3O2/c1-4-25(31)29(3)16-21-9-8-19(13-22(21)26)23-11-10-20(15-28-23)24(30)12-7-18-6-5-17(2)27-14-18/h5-6,8-11,13-15H,4,7,12,16H2,1-3H3. The van der Waals surface area contributed by atoms with Crippen LogP contribution in [0.5, 0.6) is 0 Å². The van der Waals surface area contributed by atoms with Gasteiger partial charge in [-0.25, -0.2) is 4.39 Å². The highest BCUT2D eigenvalue weighted by molar-refractivity contribution is 5.96. The number of carbonyl (C=O) groups excluding carboxylic acids is 2. The van der Waals surface area contributed by atoms with Crippen molar-refractivity contribution in [3.63, 3.8) is 0 Å². The van der Waals surface area contributed by atoms with Crippen LogP contribution in [0.2, 0.25) is 0 Å². The van der Waals surface area contributed by atoms with E-state index in [1.165, 1.54) is 17.2 Å². The van der Waals surface area contributed by atoms with Gasteiger partial charge < -0.3 is 4.90 Å². The molecule has 6 heteroatoms. The Labute approximate surface area is 182 Å². The summed E-state index contributed by atoms with van der Waals surface area (Å²) in [4.78, 5) is 34.3. The zero-order valence-electron chi connectivity index (χ0n) is 18.1. The van der Waals surface area contributed by atoms with E-state index in [1.54, 1.807) is 44.4 Å². The highest BCUT2D eigenvalue weighted by Gasteiger charge is 2.12. The lowest BCUT2D eigenvalue weighted by molar-refractivity contribution is -0.130. The number of hydrogen-bond acceptors (Lipinski definition) is 4. The minimum Gasteiger partial charge on any atom is -0.341 e. The monoisotopic (exact) mass is 419 g/mol. The summed E-state index contributed by atoms with van der Waals surface area (Å²) in [6, 6.07) is 12.2. The lowest BCUT2D eigenvalue weighted by Gasteiger charge is -2.17.